The van der Waals surface area contributed by atoms with Crippen molar-refractivity contribution in [2.45, 2.75) is 32.5 Å². The third-order valence-electron chi connectivity index (χ3n) is 4.24. The largest absolute Gasteiger partial charge is 0.494 e. The summed E-state index contributed by atoms with van der Waals surface area (Å²) < 4.78 is 11.4. The highest BCUT2D eigenvalue weighted by molar-refractivity contribution is 14.0. The zero-order chi connectivity index (χ0) is 20.7. The van der Waals surface area contributed by atoms with Crippen LogP contribution in [0.25, 0.3) is 0 Å². The maximum atomic E-state index is 10.2. The molecule has 2 aromatic rings. The second kappa shape index (κ2) is 15.9. The molecule has 2 rings (SSSR count). The van der Waals surface area contributed by atoms with Crippen LogP contribution in [0.1, 0.15) is 31.9 Å². The molecule has 0 aliphatic heterocycles. The number of aliphatic hydroxyl groups excluding tert-OH is 1. The summed E-state index contributed by atoms with van der Waals surface area (Å²) in [6.45, 7) is 6.62. The van der Waals surface area contributed by atoms with E-state index in [1.807, 2.05) is 74.5 Å². The van der Waals surface area contributed by atoms with Crippen LogP contribution in [-0.2, 0) is 4.74 Å². The molecule has 0 fully saturated rings. The zero-order valence-electron chi connectivity index (χ0n) is 17.8. The molecular formula is C23H34IN3O3. The molecule has 0 aliphatic rings. The van der Waals surface area contributed by atoms with E-state index in [9.17, 15) is 5.11 Å². The molecule has 0 saturated carbocycles. The van der Waals surface area contributed by atoms with Gasteiger partial charge in [0.05, 0.1) is 32.0 Å². The van der Waals surface area contributed by atoms with Crippen molar-refractivity contribution < 1.29 is 14.6 Å². The number of hydrogen-bond donors (Lipinski definition) is 3. The third kappa shape index (κ3) is 10.8. The molecule has 3 N–H and O–H groups in total. The summed E-state index contributed by atoms with van der Waals surface area (Å²) in [7, 11) is 0. The van der Waals surface area contributed by atoms with Crippen LogP contribution in [-0.4, -0.2) is 50.0 Å². The first kappa shape index (κ1) is 26.2. The van der Waals surface area contributed by atoms with Crippen LogP contribution in [0.15, 0.2) is 65.7 Å². The highest BCUT2D eigenvalue weighted by Gasteiger charge is 2.10. The van der Waals surface area contributed by atoms with Crippen LogP contribution >= 0.6 is 24.0 Å². The SMILES string of the molecule is CCNC(=NCC(O)COC(C)c1ccccc1)NCCCOc1ccccc1.I. The maximum absolute atomic E-state index is 10.2. The van der Waals surface area contributed by atoms with E-state index >= 15 is 0 Å². The van der Waals surface area contributed by atoms with Crippen LogP contribution in [0.5, 0.6) is 5.75 Å². The van der Waals surface area contributed by atoms with Gasteiger partial charge in [-0.25, -0.2) is 0 Å². The summed E-state index contributed by atoms with van der Waals surface area (Å²) >= 11 is 0. The molecule has 6 nitrogen and oxygen atoms in total. The molecule has 30 heavy (non-hydrogen) atoms. The van der Waals surface area contributed by atoms with E-state index in [-0.39, 0.29) is 43.2 Å². The van der Waals surface area contributed by atoms with Crippen molar-refractivity contribution in [3.63, 3.8) is 0 Å². The Hall–Kier alpha value is -1.84. The highest BCUT2D eigenvalue weighted by Crippen LogP contribution is 2.15. The van der Waals surface area contributed by atoms with Crippen molar-refractivity contribution in [3.05, 3.63) is 66.2 Å². The number of nitrogens with one attached hydrogen (secondary N) is 2. The Labute approximate surface area is 197 Å². The molecule has 2 atom stereocenters. The minimum atomic E-state index is -0.655. The van der Waals surface area contributed by atoms with Gasteiger partial charge in [-0.1, -0.05) is 48.5 Å². The summed E-state index contributed by atoms with van der Waals surface area (Å²) in [6, 6.07) is 19.7. The van der Waals surface area contributed by atoms with Crippen molar-refractivity contribution in [3.8, 4) is 5.75 Å². The summed E-state index contributed by atoms with van der Waals surface area (Å²) in [4.78, 5) is 4.44. The monoisotopic (exact) mass is 527 g/mol. The number of para-hydroxylation sites is 1. The number of ether oxygens (including phenoxy) is 2. The summed E-state index contributed by atoms with van der Waals surface area (Å²) in [5, 5.41) is 16.6. The predicted molar refractivity (Wildman–Crippen MR) is 133 cm³/mol. The molecule has 166 valence electrons. The minimum absolute atomic E-state index is 0. The fraction of sp³-hybridized carbons (Fsp3) is 0.435. The van der Waals surface area contributed by atoms with Gasteiger partial charge in [-0.2, -0.15) is 0 Å². The van der Waals surface area contributed by atoms with E-state index in [2.05, 4.69) is 15.6 Å². The van der Waals surface area contributed by atoms with Gasteiger partial charge in [0.25, 0.3) is 0 Å². The van der Waals surface area contributed by atoms with E-state index in [1.54, 1.807) is 0 Å². The van der Waals surface area contributed by atoms with Gasteiger partial charge in [-0.15, -0.1) is 24.0 Å². The molecule has 0 aromatic heterocycles. The minimum Gasteiger partial charge on any atom is -0.494 e. The van der Waals surface area contributed by atoms with E-state index < -0.39 is 6.10 Å². The first-order valence-electron chi connectivity index (χ1n) is 10.2. The molecule has 2 aromatic carbocycles. The van der Waals surface area contributed by atoms with Crippen molar-refractivity contribution in [2.24, 2.45) is 4.99 Å². The molecule has 2 unspecified atom stereocenters. The van der Waals surface area contributed by atoms with Gasteiger partial charge in [0.2, 0.25) is 0 Å². The van der Waals surface area contributed by atoms with Gasteiger partial charge in [0, 0.05) is 13.1 Å². The molecule has 0 bridgehead atoms. The van der Waals surface area contributed by atoms with Crippen molar-refractivity contribution >= 4 is 29.9 Å². The average molecular weight is 527 g/mol. The van der Waals surface area contributed by atoms with E-state index in [0.29, 0.717) is 12.6 Å². The lowest BCUT2D eigenvalue weighted by Crippen LogP contribution is -2.39. The Morgan fingerprint density at radius 1 is 1.03 bits per heavy atom. The fourth-order valence-corrected chi connectivity index (χ4v) is 2.65. The fourth-order valence-electron chi connectivity index (χ4n) is 2.65. The molecule has 0 amide bonds. The quantitative estimate of drug-likeness (QED) is 0.170. The lowest BCUT2D eigenvalue weighted by molar-refractivity contribution is 0.00111. The first-order valence-corrected chi connectivity index (χ1v) is 10.2. The molecule has 0 aliphatic carbocycles. The summed E-state index contributed by atoms with van der Waals surface area (Å²) in [6.07, 6.45) is 0.128. The third-order valence-corrected chi connectivity index (χ3v) is 4.24. The number of benzene rings is 2. The molecule has 0 saturated heterocycles. The molecule has 7 heteroatoms. The van der Waals surface area contributed by atoms with Gasteiger partial charge in [-0.3, -0.25) is 4.99 Å². The summed E-state index contributed by atoms with van der Waals surface area (Å²) in [5.41, 5.74) is 1.09. The number of nitrogens with zero attached hydrogens (tertiary/aromatic N) is 1. The lowest BCUT2D eigenvalue weighted by atomic mass is 10.1. The van der Waals surface area contributed by atoms with Crippen LogP contribution in [0.2, 0.25) is 0 Å². The standard InChI is InChI=1S/C23H33N3O3.HI/c1-3-24-23(25-15-10-16-28-22-13-8-5-9-14-22)26-17-21(27)18-29-19(2)20-11-6-4-7-12-20;/h4-9,11-14,19,21,27H,3,10,15-18H2,1-2H3,(H2,24,25,26);1H. The molecular weight excluding hydrogens is 493 g/mol. The van der Waals surface area contributed by atoms with E-state index in [1.165, 1.54) is 0 Å². The van der Waals surface area contributed by atoms with Gasteiger partial charge < -0.3 is 25.2 Å². The van der Waals surface area contributed by atoms with Gasteiger partial charge in [0.1, 0.15) is 5.75 Å². The number of rotatable bonds is 12. The molecule has 0 radical (unpaired) electrons. The normalized spacial score (nSPS) is 13.1. The van der Waals surface area contributed by atoms with Gasteiger partial charge in [-0.05, 0) is 38.0 Å². The number of aliphatic imine (C=N–C) groups is 1. The Bertz CT molecular complexity index is 701. The van der Waals surface area contributed by atoms with Crippen molar-refractivity contribution in [1.29, 1.82) is 0 Å². The second-order valence-electron chi connectivity index (χ2n) is 6.70. The molecule has 0 spiro atoms. The van der Waals surface area contributed by atoms with Crippen LogP contribution in [0.4, 0.5) is 0 Å². The van der Waals surface area contributed by atoms with Gasteiger partial charge in [0.15, 0.2) is 5.96 Å². The Morgan fingerprint density at radius 3 is 2.37 bits per heavy atom. The Balaban J connectivity index is 0.00000450. The lowest BCUT2D eigenvalue weighted by Gasteiger charge is -2.17. The van der Waals surface area contributed by atoms with E-state index in [4.69, 9.17) is 9.47 Å². The second-order valence-corrected chi connectivity index (χ2v) is 6.70. The number of aliphatic hydroxyl groups is 1. The van der Waals surface area contributed by atoms with Crippen LogP contribution < -0.4 is 15.4 Å². The summed E-state index contributed by atoms with van der Waals surface area (Å²) in [5.74, 6) is 1.56. The predicted octanol–water partition coefficient (Wildman–Crippen LogP) is 3.77. The van der Waals surface area contributed by atoms with Crippen LogP contribution in [0.3, 0.4) is 0 Å². The number of halogens is 1. The highest BCUT2D eigenvalue weighted by atomic mass is 127. The van der Waals surface area contributed by atoms with Crippen molar-refractivity contribution in [2.75, 3.05) is 32.8 Å². The van der Waals surface area contributed by atoms with Crippen LogP contribution in [0, 0.1) is 0 Å². The van der Waals surface area contributed by atoms with Gasteiger partial charge >= 0.3 is 0 Å². The first-order chi connectivity index (χ1) is 14.2. The maximum Gasteiger partial charge on any atom is 0.191 e. The topological polar surface area (TPSA) is 75.1 Å². The molecule has 0 heterocycles. The smallest absolute Gasteiger partial charge is 0.191 e. The number of guanidine groups is 1. The number of hydrogen-bond acceptors (Lipinski definition) is 4. The average Bonchev–Trinajstić information content (AvgIpc) is 2.76. The Morgan fingerprint density at radius 2 is 1.70 bits per heavy atom. The zero-order valence-corrected chi connectivity index (χ0v) is 20.1. The van der Waals surface area contributed by atoms with Crippen molar-refractivity contribution in [1.82, 2.24) is 10.6 Å². The Kier molecular flexibility index (Phi) is 13.9. The van der Waals surface area contributed by atoms with E-state index in [0.717, 1.165) is 30.8 Å².